The fraction of sp³-hybridized carbons (Fsp3) is 0.400. The standard InChI is InChI=1S/C10H13BrClNO4S/c1-6(5-14)13-18(15,16)9-4-7(12)3-8(11)10(9)17-2/h3-4,6,13-14H,5H2,1-2H3/t6-/m1/s1. The zero-order valence-corrected chi connectivity index (χ0v) is 12.9. The summed E-state index contributed by atoms with van der Waals surface area (Å²) in [5.41, 5.74) is 0. The molecule has 0 aromatic heterocycles. The number of ether oxygens (including phenoxy) is 1. The highest BCUT2D eigenvalue weighted by Crippen LogP contribution is 2.35. The third-order valence-corrected chi connectivity index (χ3v) is 4.50. The fourth-order valence-corrected chi connectivity index (χ4v) is 3.92. The molecule has 0 heterocycles. The highest BCUT2D eigenvalue weighted by molar-refractivity contribution is 9.10. The Morgan fingerprint density at radius 2 is 2.17 bits per heavy atom. The monoisotopic (exact) mass is 357 g/mol. The minimum Gasteiger partial charge on any atom is -0.494 e. The molecule has 0 spiro atoms. The summed E-state index contributed by atoms with van der Waals surface area (Å²) >= 11 is 9.01. The molecule has 102 valence electrons. The van der Waals surface area contributed by atoms with Crippen LogP contribution in [0.4, 0.5) is 0 Å². The van der Waals surface area contributed by atoms with E-state index in [9.17, 15) is 8.42 Å². The average molecular weight is 359 g/mol. The van der Waals surface area contributed by atoms with E-state index in [1.54, 1.807) is 6.92 Å². The van der Waals surface area contributed by atoms with Crippen molar-refractivity contribution in [3.63, 3.8) is 0 Å². The van der Waals surface area contributed by atoms with Gasteiger partial charge in [0.05, 0.1) is 18.2 Å². The summed E-state index contributed by atoms with van der Waals surface area (Å²) < 4.78 is 32.0. The van der Waals surface area contributed by atoms with Crippen molar-refractivity contribution in [2.75, 3.05) is 13.7 Å². The van der Waals surface area contributed by atoms with Crippen molar-refractivity contribution < 1.29 is 18.3 Å². The molecule has 1 rings (SSSR count). The van der Waals surface area contributed by atoms with Crippen molar-refractivity contribution >= 4 is 37.6 Å². The minimum atomic E-state index is -3.81. The van der Waals surface area contributed by atoms with Gasteiger partial charge in [-0.15, -0.1) is 0 Å². The van der Waals surface area contributed by atoms with Gasteiger partial charge in [0.2, 0.25) is 10.0 Å². The Bertz CT molecular complexity index is 535. The zero-order valence-electron chi connectivity index (χ0n) is 9.78. The zero-order chi connectivity index (χ0) is 13.9. The molecule has 2 N–H and O–H groups in total. The molecule has 0 fully saturated rings. The quantitative estimate of drug-likeness (QED) is 0.841. The third-order valence-electron chi connectivity index (χ3n) is 2.10. The predicted octanol–water partition coefficient (Wildman–Crippen LogP) is 1.77. The molecule has 0 unspecified atom stereocenters. The van der Waals surface area contributed by atoms with Gasteiger partial charge in [-0.3, -0.25) is 0 Å². The Balaban J connectivity index is 3.31. The first-order chi connectivity index (χ1) is 8.31. The second-order valence-electron chi connectivity index (χ2n) is 3.62. The number of hydrogen-bond acceptors (Lipinski definition) is 4. The molecule has 0 saturated heterocycles. The maximum absolute atomic E-state index is 12.1. The highest BCUT2D eigenvalue weighted by atomic mass is 79.9. The lowest BCUT2D eigenvalue weighted by Gasteiger charge is -2.15. The predicted molar refractivity (Wildman–Crippen MR) is 72.6 cm³/mol. The van der Waals surface area contributed by atoms with E-state index in [1.807, 2.05) is 0 Å². The van der Waals surface area contributed by atoms with Crippen molar-refractivity contribution in [1.82, 2.24) is 4.72 Å². The van der Waals surface area contributed by atoms with E-state index in [2.05, 4.69) is 20.7 Å². The molecule has 5 nitrogen and oxygen atoms in total. The number of nitrogens with one attached hydrogen (secondary N) is 1. The summed E-state index contributed by atoms with van der Waals surface area (Å²) in [7, 11) is -2.45. The van der Waals surface area contributed by atoms with Gasteiger partial charge < -0.3 is 9.84 Å². The fourth-order valence-electron chi connectivity index (χ4n) is 1.30. The second-order valence-corrected chi connectivity index (χ2v) is 6.60. The van der Waals surface area contributed by atoms with Crippen molar-refractivity contribution in [1.29, 1.82) is 0 Å². The van der Waals surface area contributed by atoms with Crippen molar-refractivity contribution in [2.45, 2.75) is 17.9 Å². The number of aliphatic hydroxyl groups is 1. The van der Waals surface area contributed by atoms with Gasteiger partial charge in [-0.05, 0) is 35.0 Å². The Labute approximate surface area is 119 Å². The number of aliphatic hydroxyl groups excluding tert-OH is 1. The summed E-state index contributed by atoms with van der Waals surface area (Å²) in [5.74, 6) is 0.164. The summed E-state index contributed by atoms with van der Waals surface area (Å²) in [5, 5.41) is 9.15. The molecule has 0 radical (unpaired) electrons. The van der Waals surface area contributed by atoms with Crippen LogP contribution < -0.4 is 9.46 Å². The van der Waals surface area contributed by atoms with Gasteiger partial charge in [-0.1, -0.05) is 11.6 Å². The van der Waals surface area contributed by atoms with Gasteiger partial charge in [0.1, 0.15) is 4.90 Å². The van der Waals surface area contributed by atoms with Crippen LogP contribution in [0.1, 0.15) is 6.92 Å². The first-order valence-electron chi connectivity index (χ1n) is 4.98. The first kappa shape index (κ1) is 15.7. The Morgan fingerprint density at radius 3 is 2.67 bits per heavy atom. The minimum absolute atomic E-state index is 0.0790. The molecular weight excluding hydrogens is 346 g/mol. The summed E-state index contributed by atoms with van der Waals surface area (Å²) in [6.07, 6.45) is 0. The van der Waals surface area contributed by atoms with E-state index in [1.165, 1.54) is 19.2 Å². The lowest BCUT2D eigenvalue weighted by molar-refractivity contribution is 0.265. The maximum atomic E-state index is 12.1. The highest BCUT2D eigenvalue weighted by Gasteiger charge is 2.23. The molecule has 0 aliphatic rings. The lowest BCUT2D eigenvalue weighted by atomic mass is 10.3. The topological polar surface area (TPSA) is 75.6 Å². The average Bonchev–Trinajstić information content (AvgIpc) is 2.27. The number of hydrogen-bond donors (Lipinski definition) is 2. The molecule has 18 heavy (non-hydrogen) atoms. The molecule has 0 amide bonds. The van der Waals surface area contributed by atoms with Gasteiger partial charge in [-0.25, -0.2) is 13.1 Å². The van der Waals surface area contributed by atoms with Crippen LogP contribution in [-0.4, -0.2) is 33.3 Å². The number of rotatable bonds is 5. The smallest absolute Gasteiger partial charge is 0.244 e. The van der Waals surface area contributed by atoms with Crippen LogP contribution in [0.3, 0.4) is 0 Å². The van der Waals surface area contributed by atoms with Crippen molar-refractivity contribution in [3.05, 3.63) is 21.6 Å². The van der Waals surface area contributed by atoms with Crippen LogP contribution >= 0.6 is 27.5 Å². The van der Waals surface area contributed by atoms with Crippen LogP contribution in [0.5, 0.6) is 5.75 Å². The first-order valence-corrected chi connectivity index (χ1v) is 7.63. The van der Waals surface area contributed by atoms with E-state index in [4.69, 9.17) is 21.4 Å². The number of halogens is 2. The molecule has 0 aliphatic heterocycles. The largest absolute Gasteiger partial charge is 0.494 e. The van der Waals surface area contributed by atoms with E-state index in [0.29, 0.717) is 4.47 Å². The molecular formula is C10H13BrClNO4S. The molecule has 1 aromatic carbocycles. The van der Waals surface area contributed by atoms with Gasteiger partial charge in [0.15, 0.2) is 5.75 Å². The van der Waals surface area contributed by atoms with Crippen LogP contribution in [-0.2, 0) is 10.0 Å². The van der Waals surface area contributed by atoms with Crippen LogP contribution in [0.2, 0.25) is 5.02 Å². The van der Waals surface area contributed by atoms with Crippen LogP contribution in [0, 0.1) is 0 Å². The van der Waals surface area contributed by atoms with E-state index in [-0.39, 0.29) is 22.3 Å². The van der Waals surface area contributed by atoms with E-state index < -0.39 is 16.1 Å². The van der Waals surface area contributed by atoms with Crippen LogP contribution in [0.25, 0.3) is 0 Å². The van der Waals surface area contributed by atoms with Gasteiger partial charge in [-0.2, -0.15) is 0 Å². The third kappa shape index (κ3) is 3.58. The van der Waals surface area contributed by atoms with Crippen LogP contribution in [0.15, 0.2) is 21.5 Å². The van der Waals surface area contributed by atoms with Gasteiger partial charge >= 0.3 is 0 Å². The summed E-state index contributed by atoms with van der Waals surface area (Å²) in [6, 6.07) is 2.23. The maximum Gasteiger partial charge on any atom is 0.244 e. The second kappa shape index (κ2) is 6.21. The summed E-state index contributed by atoms with van der Waals surface area (Å²) in [4.78, 5) is -0.0790. The van der Waals surface area contributed by atoms with Crippen molar-refractivity contribution in [3.8, 4) is 5.75 Å². The lowest BCUT2D eigenvalue weighted by Crippen LogP contribution is -2.35. The Kier molecular flexibility index (Phi) is 5.42. The van der Waals surface area contributed by atoms with E-state index in [0.717, 1.165) is 0 Å². The molecule has 8 heteroatoms. The number of sulfonamides is 1. The molecule has 1 atom stereocenters. The number of benzene rings is 1. The Morgan fingerprint density at radius 1 is 1.56 bits per heavy atom. The van der Waals surface area contributed by atoms with Gasteiger partial charge in [0.25, 0.3) is 0 Å². The molecule has 0 bridgehead atoms. The SMILES string of the molecule is COc1c(Br)cc(Cl)cc1S(=O)(=O)N[C@H](C)CO. The van der Waals surface area contributed by atoms with Crippen molar-refractivity contribution in [2.24, 2.45) is 0 Å². The molecule has 1 aromatic rings. The van der Waals surface area contributed by atoms with Gasteiger partial charge in [0, 0.05) is 11.1 Å². The normalized spacial score (nSPS) is 13.4. The number of methoxy groups -OCH3 is 1. The molecule has 0 saturated carbocycles. The summed E-state index contributed by atoms with van der Waals surface area (Å²) in [6.45, 7) is 1.24. The Hall–Kier alpha value is -0.340. The molecule has 0 aliphatic carbocycles. The van der Waals surface area contributed by atoms with E-state index >= 15 is 0 Å².